The molecular formula is C18H21F2N3O. The highest BCUT2D eigenvalue weighted by Gasteiger charge is 2.20. The molecular weight excluding hydrogens is 312 g/mol. The molecule has 0 spiro atoms. The summed E-state index contributed by atoms with van der Waals surface area (Å²) in [6.07, 6.45) is 4.67. The highest BCUT2D eigenvalue weighted by Crippen LogP contribution is 2.22. The van der Waals surface area contributed by atoms with Gasteiger partial charge in [0.1, 0.15) is 11.6 Å². The number of halogens is 2. The number of amides is 2. The molecule has 0 aliphatic rings. The van der Waals surface area contributed by atoms with Crippen molar-refractivity contribution in [1.29, 1.82) is 0 Å². The fourth-order valence-electron chi connectivity index (χ4n) is 2.47. The van der Waals surface area contributed by atoms with E-state index >= 15 is 0 Å². The van der Waals surface area contributed by atoms with Crippen molar-refractivity contribution in [3.05, 3.63) is 65.5 Å². The minimum atomic E-state index is -0.649. The Morgan fingerprint density at radius 3 is 2.75 bits per heavy atom. The zero-order valence-corrected chi connectivity index (χ0v) is 13.8. The van der Waals surface area contributed by atoms with E-state index < -0.39 is 17.7 Å². The van der Waals surface area contributed by atoms with Crippen LogP contribution in [0.1, 0.15) is 36.9 Å². The number of nitrogens with one attached hydrogen (secondary N) is 1. The van der Waals surface area contributed by atoms with Crippen LogP contribution in [0.2, 0.25) is 0 Å². The van der Waals surface area contributed by atoms with Gasteiger partial charge in [-0.2, -0.15) is 0 Å². The Kier molecular flexibility index (Phi) is 6.23. The van der Waals surface area contributed by atoms with E-state index in [-0.39, 0.29) is 6.03 Å². The van der Waals surface area contributed by atoms with Gasteiger partial charge in [0.15, 0.2) is 0 Å². The first-order valence-corrected chi connectivity index (χ1v) is 7.86. The third kappa shape index (κ3) is 4.75. The van der Waals surface area contributed by atoms with Crippen molar-refractivity contribution in [1.82, 2.24) is 15.2 Å². The number of hydrogen-bond donors (Lipinski definition) is 1. The molecule has 128 valence electrons. The smallest absolute Gasteiger partial charge is 0.317 e. The fraction of sp³-hybridized carbons (Fsp3) is 0.333. The molecule has 1 atom stereocenters. The lowest BCUT2D eigenvalue weighted by atomic mass is 10.0. The van der Waals surface area contributed by atoms with Gasteiger partial charge >= 0.3 is 6.03 Å². The number of aromatic nitrogens is 1. The molecule has 0 unspecified atom stereocenters. The summed E-state index contributed by atoms with van der Waals surface area (Å²) in [6.45, 7) is 2.34. The third-order valence-electron chi connectivity index (χ3n) is 3.70. The lowest BCUT2D eigenvalue weighted by molar-refractivity contribution is 0.201. The summed E-state index contributed by atoms with van der Waals surface area (Å²) in [5.41, 5.74) is 1.19. The molecule has 24 heavy (non-hydrogen) atoms. The predicted octanol–water partition coefficient (Wildman–Crippen LogP) is 4.04. The second-order valence-corrected chi connectivity index (χ2v) is 5.67. The zero-order chi connectivity index (χ0) is 17.5. The van der Waals surface area contributed by atoms with E-state index in [4.69, 9.17) is 0 Å². The summed E-state index contributed by atoms with van der Waals surface area (Å²) in [6, 6.07) is 6.28. The summed E-state index contributed by atoms with van der Waals surface area (Å²) in [7, 11) is 1.66. The largest absolute Gasteiger partial charge is 0.331 e. The van der Waals surface area contributed by atoms with Crippen molar-refractivity contribution in [2.24, 2.45) is 0 Å². The van der Waals surface area contributed by atoms with Gasteiger partial charge in [0.25, 0.3) is 0 Å². The SMILES string of the molecule is CCC[C@@H](NC(=O)N(C)Cc1cccnc1)c1ccc(F)cc1F. The van der Waals surface area contributed by atoms with Crippen LogP contribution in [-0.4, -0.2) is 23.0 Å². The number of rotatable bonds is 6. The van der Waals surface area contributed by atoms with Crippen molar-refractivity contribution in [2.75, 3.05) is 7.05 Å². The number of carbonyl (C=O) groups is 1. The quantitative estimate of drug-likeness (QED) is 0.867. The maximum Gasteiger partial charge on any atom is 0.317 e. The number of nitrogens with zero attached hydrogens (tertiary/aromatic N) is 2. The molecule has 0 aliphatic heterocycles. The van der Waals surface area contributed by atoms with Crippen LogP contribution in [-0.2, 0) is 6.54 Å². The topological polar surface area (TPSA) is 45.2 Å². The number of carbonyl (C=O) groups excluding carboxylic acids is 1. The molecule has 0 saturated carbocycles. The van der Waals surface area contributed by atoms with Crippen molar-refractivity contribution in [3.63, 3.8) is 0 Å². The van der Waals surface area contributed by atoms with E-state index in [1.807, 2.05) is 13.0 Å². The molecule has 2 aromatic rings. The maximum atomic E-state index is 14.0. The maximum absolute atomic E-state index is 14.0. The molecule has 0 radical (unpaired) electrons. The molecule has 6 heteroatoms. The average molecular weight is 333 g/mol. The van der Waals surface area contributed by atoms with Crippen molar-refractivity contribution < 1.29 is 13.6 Å². The molecule has 2 rings (SSSR count). The molecule has 1 N–H and O–H groups in total. The van der Waals surface area contributed by atoms with Crippen LogP contribution in [0.25, 0.3) is 0 Å². The number of pyridine rings is 1. The molecule has 0 bridgehead atoms. The Labute approximate surface area is 140 Å². The number of urea groups is 1. The summed E-state index contributed by atoms with van der Waals surface area (Å²) in [5.74, 6) is -1.28. The van der Waals surface area contributed by atoms with E-state index in [2.05, 4.69) is 10.3 Å². The van der Waals surface area contributed by atoms with Crippen LogP contribution in [0.15, 0.2) is 42.7 Å². The Balaban J connectivity index is 2.07. The van der Waals surface area contributed by atoms with Gasteiger partial charge in [-0.3, -0.25) is 4.98 Å². The van der Waals surface area contributed by atoms with Gasteiger partial charge in [-0.15, -0.1) is 0 Å². The van der Waals surface area contributed by atoms with Gasteiger partial charge in [0, 0.05) is 37.6 Å². The summed E-state index contributed by atoms with van der Waals surface area (Å²) < 4.78 is 27.1. The van der Waals surface area contributed by atoms with Gasteiger partial charge in [0.05, 0.1) is 6.04 Å². The minimum absolute atomic E-state index is 0.293. The van der Waals surface area contributed by atoms with Crippen molar-refractivity contribution >= 4 is 6.03 Å². The number of hydrogen-bond acceptors (Lipinski definition) is 2. The Hall–Kier alpha value is -2.50. The second kappa shape index (κ2) is 8.38. The van der Waals surface area contributed by atoms with E-state index in [9.17, 15) is 13.6 Å². The van der Waals surface area contributed by atoms with Crippen LogP contribution in [0.3, 0.4) is 0 Å². The zero-order valence-electron chi connectivity index (χ0n) is 13.8. The van der Waals surface area contributed by atoms with Gasteiger partial charge in [-0.25, -0.2) is 13.6 Å². The van der Waals surface area contributed by atoms with Gasteiger partial charge in [-0.1, -0.05) is 25.5 Å². The van der Waals surface area contributed by atoms with E-state index in [0.29, 0.717) is 18.5 Å². The van der Waals surface area contributed by atoms with Crippen LogP contribution in [0.4, 0.5) is 13.6 Å². The standard InChI is InChI=1S/C18H21F2N3O/c1-3-5-17(15-8-7-14(19)10-16(15)20)22-18(24)23(2)12-13-6-4-9-21-11-13/h4,6-11,17H,3,5,12H2,1-2H3,(H,22,24)/t17-/m1/s1. The number of benzene rings is 1. The molecule has 4 nitrogen and oxygen atoms in total. The lowest BCUT2D eigenvalue weighted by Gasteiger charge is -2.24. The molecule has 0 aliphatic carbocycles. The van der Waals surface area contributed by atoms with Crippen LogP contribution in [0, 0.1) is 11.6 Å². The molecule has 0 saturated heterocycles. The fourth-order valence-corrected chi connectivity index (χ4v) is 2.47. The van der Waals surface area contributed by atoms with Gasteiger partial charge in [0.2, 0.25) is 0 Å². The summed E-state index contributed by atoms with van der Waals surface area (Å²) in [5, 5.41) is 2.82. The normalized spacial score (nSPS) is 11.8. The van der Waals surface area contributed by atoms with E-state index in [1.54, 1.807) is 25.5 Å². The monoisotopic (exact) mass is 333 g/mol. The molecule has 1 aromatic heterocycles. The van der Waals surface area contributed by atoms with Crippen molar-refractivity contribution in [3.8, 4) is 0 Å². The van der Waals surface area contributed by atoms with E-state index in [0.717, 1.165) is 18.1 Å². The predicted molar refractivity (Wildman–Crippen MR) is 88.2 cm³/mol. The minimum Gasteiger partial charge on any atom is -0.331 e. The van der Waals surface area contributed by atoms with E-state index in [1.165, 1.54) is 17.0 Å². The average Bonchev–Trinajstić information content (AvgIpc) is 2.55. The highest BCUT2D eigenvalue weighted by atomic mass is 19.1. The first-order chi connectivity index (χ1) is 11.5. The Bertz CT molecular complexity index is 679. The molecule has 0 fully saturated rings. The highest BCUT2D eigenvalue weighted by molar-refractivity contribution is 5.74. The van der Waals surface area contributed by atoms with Crippen LogP contribution >= 0.6 is 0 Å². The molecule has 1 aromatic carbocycles. The van der Waals surface area contributed by atoms with Crippen LogP contribution in [0.5, 0.6) is 0 Å². The van der Waals surface area contributed by atoms with Gasteiger partial charge in [-0.05, 0) is 24.1 Å². The summed E-state index contributed by atoms with van der Waals surface area (Å²) >= 11 is 0. The van der Waals surface area contributed by atoms with Crippen LogP contribution < -0.4 is 5.32 Å². The third-order valence-corrected chi connectivity index (χ3v) is 3.70. The lowest BCUT2D eigenvalue weighted by Crippen LogP contribution is -2.39. The Morgan fingerprint density at radius 2 is 2.12 bits per heavy atom. The van der Waals surface area contributed by atoms with Crippen molar-refractivity contribution in [2.45, 2.75) is 32.4 Å². The summed E-state index contributed by atoms with van der Waals surface area (Å²) in [4.78, 5) is 17.9. The first kappa shape index (κ1) is 17.8. The molecule has 1 heterocycles. The first-order valence-electron chi connectivity index (χ1n) is 7.86. The van der Waals surface area contributed by atoms with Gasteiger partial charge < -0.3 is 10.2 Å². The molecule has 2 amide bonds. The Morgan fingerprint density at radius 1 is 1.33 bits per heavy atom. The second-order valence-electron chi connectivity index (χ2n) is 5.67.